The van der Waals surface area contributed by atoms with Gasteiger partial charge in [-0.2, -0.15) is 0 Å². The molecule has 1 aliphatic heterocycles. The number of carbonyl (C=O) groups excluding carboxylic acids is 2. The maximum absolute atomic E-state index is 12.6. The monoisotopic (exact) mass is 408 g/mol. The van der Waals surface area contributed by atoms with Gasteiger partial charge in [0.25, 0.3) is 5.69 Å². The van der Waals surface area contributed by atoms with Gasteiger partial charge in [0.15, 0.2) is 0 Å². The lowest BCUT2D eigenvalue weighted by atomic mass is 9.83. The molecule has 0 unspecified atom stereocenters. The normalized spacial score (nSPS) is 13.9. The molecule has 8 nitrogen and oxygen atoms in total. The van der Waals surface area contributed by atoms with Gasteiger partial charge in [-0.15, -0.1) is 0 Å². The Morgan fingerprint density at radius 3 is 2.10 bits per heavy atom. The lowest BCUT2D eigenvalue weighted by Crippen LogP contribution is -2.28. The highest BCUT2D eigenvalue weighted by molar-refractivity contribution is 5.98. The van der Waals surface area contributed by atoms with E-state index < -0.39 is 22.8 Å². The maximum Gasteiger partial charge on any atom is 0.336 e. The van der Waals surface area contributed by atoms with Gasteiger partial charge < -0.3 is 14.4 Å². The molecule has 8 heteroatoms. The average molecular weight is 408 g/mol. The van der Waals surface area contributed by atoms with Gasteiger partial charge in [-0.3, -0.25) is 10.1 Å². The number of benzene rings is 2. The van der Waals surface area contributed by atoms with E-state index >= 15 is 0 Å². The average Bonchev–Trinajstić information content (AvgIpc) is 2.78. The summed E-state index contributed by atoms with van der Waals surface area (Å²) in [5.41, 5.74) is 1.59. The topological polar surface area (TPSA) is 99.0 Å². The van der Waals surface area contributed by atoms with Crippen LogP contribution in [0.5, 0.6) is 0 Å². The number of non-ortho nitro benzene ring substituents is 1. The maximum atomic E-state index is 12.6. The summed E-state index contributed by atoms with van der Waals surface area (Å²) in [6.45, 7) is 0.406. The van der Waals surface area contributed by atoms with Gasteiger partial charge in [-0.05, 0) is 11.1 Å². The minimum absolute atomic E-state index is 0.146. The van der Waals surface area contributed by atoms with Crippen LogP contribution in [0.3, 0.4) is 0 Å². The number of nitro groups is 1. The SMILES string of the molecule is COC(=O)C1=CN(Cc2ccccc2)C=C(C(=O)OC)C1c1cccc([N+](=O)[O-])c1. The second kappa shape index (κ2) is 9.04. The molecule has 0 bridgehead atoms. The fourth-order valence-electron chi connectivity index (χ4n) is 3.35. The van der Waals surface area contributed by atoms with Crippen molar-refractivity contribution in [2.75, 3.05) is 14.2 Å². The van der Waals surface area contributed by atoms with Gasteiger partial charge in [0.05, 0.1) is 36.2 Å². The Bertz CT molecular complexity index is 995. The molecule has 1 aliphatic rings. The fraction of sp³-hybridized carbons (Fsp3) is 0.182. The van der Waals surface area contributed by atoms with E-state index in [1.807, 2.05) is 30.3 Å². The highest BCUT2D eigenvalue weighted by Gasteiger charge is 2.35. The van der Waals surface area contributed by atoms with Crippen molar-refractivity contribution < 1.29 is 24.0 Å². The van der Waals surface area contributed by atoms with Crippen LogP contribution in [-0.2, 0) is 25.6 Å². The molecule has 0 aliphatic carbocycles. The molecule has 0 radical (unpaired) electrons. The van der Waals surface area contributed by atoms with Crippen molar-refractivity contribution in [2.45, 2.75) is 12.5 Å². The smallest absolute Gasteiger partial charge is 0.336 e. The van der Waals surface area contributed by atoms with Gasteiger partial charge in [-0.1, -0.05) is 42.5 Å². The molecular formula is C22H20N2O6. The van der Waals surface area contributed by atoms with Crippen molar-refractivity contribution in [3.05, 3.63) is 99.4 Å². The summed E-state index contributed by atoms with van der Waals surface area (Å²) >= 11 is 0. The standard InChI is InChI=1S/C22H20N2O6/c1-29-21(25)18-13-23(12-15-7-4-3-5-8-15)14-19(22(26)30-2)20(18)16-9-6-10-17(11-16)24(27)28/h3-11,13-14,20H,12H2,1-2H3. The summed E-state index contributed by atoms with van der Waals surface area (Å²) in [5, 5.41) is 11.2. The van der Waals surface area contributed by atoms with E-state index in [1.54, 1.807) is 23.4 Å². The minimum atomic E-state index is -0.864. The zero-order chi connectivity index (χ0) is 21.7. The number of ether oxygens (including phenoxy) is 2. The van der Waals surface area contributed by atoms with Gasteiger partial charge in [0.1, 0.15) is 0 Å². The lowest BCUT2D eigenvalue weighted by Gasteiger charge is -2.30. The highest BCUT2D eigenvalue weighted by atomic mass is 16.6. The number of nitrogens with zero attached hydrogens (tertiary/aromatic N) is 2. The molecule has 0 spiro atoms. The molecule has 0 aromatic heterocycles. The molecular weight excluding hydrogens is 388 g/mol. The van der Waals surface area contributed by atoms with E-state index in [0.29, 0.717) is 12.1 Å². The molecule has 3 rings (SSSR count). The van der Waals surface area contributed by atoms with Gasteiger partial charge in [-0.25, -0.2) is 9.59 Å². The van der Waals surface area contributed by atoms with Crippen LogP contribution in [0.4, 0.5) is 5.69 Å². The Morgan fingerprint density at radius 1 is 0.967 bits per heavy atom. The molecule has 0 amide bonds. The Hall–Kier alpha value is -3.94. The van der Waals surface area contributed by atoms with Gasteiger partial charge in [0, 0.05) is 31.1 Å². The third kappa shape index (κ3) is 4.38. The van der Waals surface area contributed by atoms with Crippen LogP contribution in [0, 0.1) is 10.1 Å². The molecule has 0 saturated heterocycles. The number of carbonyl (C=O) groups is 2. The number of esters is 2. The summed E-state index contributed by atoms with van der Waals surface area (Å²) in [5.74, 6) is -2.14. The third-order valence-corrected chi connectivity index (χ3v) is 4.70. The van der Waals surface area contributed by atoms with Crippen LogP contribution in [0.1, 0.15) is 17.0 Å². The lowest BCUT2D eigenvalue weighted by molar-refractivity contribution is -0.384. The molecule has 154 valence electrons. The molecule has 1 heterocycles. The second-order valence-corrected chi connectivity index (χ2v) is 6.60. The number of hydrogen-bond acceptors (Lipinski definition) is 7. The minimum Gasteiger partial charge on any atom is -0.466 e. The molecule has 0 saturated carbocycles. The molecule has 2 aromatic carbocycles. The predicted molar refractivity (Wildman–Crippen MR) is 108 cm³/mol. The van der Waals surface area contributed by atoms with Crippen LogP contribution in [0.2, 0.25) is 0 Å². The Labute approximate surface area is 173 Å². The van der Waals surface area contributed by atoms with Crippen LogP contribution >= 0.6 is 0 Å². The number of rotatable bonds is 6. The molecule has 30 heavy (non-hydrogen) atoms. The van der Waals surface area contributed by atoms with E-state index in [-0.39, 0.29) is 16.8 Å². The van der Waals surface area contributed by atoms with Crippen molar-refractivity contribution >= 4 is 17.6 Å². The molecule has 0 atom stereocenters. The molecule has 0 N–H and O–H groups in total. The second-order valence-electron chi connectivity index (χ2n) is 6.60. The predicted octanol–water partition coefficient (Wildman–Crippen LogP) is 3.31. The summed E-state index contributed by atoms with van der Waals surface area (Å²) in [6.07, 6.45) is 3.18. The van der Waals surface area contributed by atoms with E-state index in [0.717, 1.165) is 5.56 Å². The van der Waals surface area contributed by atoms with Crippen molar-refractivity contribution in [2.24, 2.45) is 0 Å². The van der Waals surface area contributed by atoms with Gasteiger partial charge >= 0.3 is 11.9 Å². The van der Waals surface area contributed by atoms with Crippen LogP contribution in [-0.4, -0.2) is 36.0 Å². The number of hydrogen-bond donors (Lipinski definition) is 0. The Kier molecular flexibility index (Phi) is 6.26. The van der Waals surface area contributed by atoms with Crippen molar-refractivity contribution in [1.82, 2.24) is 4.90 Å². The van der Waals surface area contributed by atoms with Crippen molar-refractivity contribution in [1.29, 1.82) is 0 Å². The zero-order valence-corrected chi connectivity index (χ0v) is 16.5. The first kappa shape index (κ1) is 20.8. The van der Waals surface area contributed by atoms with Crippen LogP contribution < -0.4 is 0 Å². The van der Waals surface area contributed by atoms with Crippen molar-refractivity contribution in [3.63, 3.8) is 0 Å². The molecule has 2 aromatic rings. The summed E-state index contributed by atoms with van der Waals surface area (Å²) in [6, 6.07) is 15.3. The summed E-state index contributed by atoms with van der Waals surface area (Å²) in [4.78, 5) is 37.6. The Balaban J connectivity index is 2.11. The van der Waals surface area contributed by atoms with E-state index in [4.69, 9.17) is 9.47 Å². The zero-order valence-electron chi connectivity index (χ0n) is 16.5. The van der Waals surface area contributed by atoms with E-state index in [1.165, 1.54) is 32.4 Å². The van der Waals surface area contributed by atoms with Gasteiger partial charge in [0.2, 0.25) is 0 Å². The van der Waals surface area contributed by atoms with Crippen molar-refractivity contribution in [3.8, 4) is 0 Å². The number of nitro benzene ring substituents is 1. The van der Waals surface area contributed by atoms with E-state index in [9.17, 15) is 19.7 Å². The third-order valence-electron chi connectivity index (χ3n) is 4.70. The first-order valence-electron chi connectivity index (χ1n) is 9.08. The highest BCUT2D eigenvalue weighted by Crippen LogP contribution is 2.38. The van der Waals surface area contributed by atoms with E-state index in [2.05, 4.69) is 0 Å². The molecule has 0 fully saturated rings. The van der Waals surface area contributed by atoms with Crippen LogP contribution in [0.25, 0.3) is 0 Å². The van der Waals surface area contributed by atoms with Crippen LogP contribution in [0.15, 0.2) is 78.1 Å². The Morgan fingerprint density at radius 2 is 1.57 bits per heavy atom. The summed E-state index contributed by atoms with van der Waals surface area (Å²) < 4.78 is 9.86. The number of methoxy groups -OCH3 is 2. The largest absolute Gasteiger partial charge is 0.466 e. The first-order chi connectivity index (χ1) is 14.4. The summed E-state index contributed by atoms with van der Waals surface area (Å²) in [7, 11) is 2.48. The fourth-order valence-corrected chi connectivity index (χ4v) is 3.35. The quantitative estimate of drug-likeness (QED) is 0.411. The first-order valence-corrected chi connectivity index (χ1v) is 9.08.